The molecule has 0 amide bonds. The molecule has 4 aromatic heterocycles. The average molecular weight is 498 g/mol. The molecule has 1 unspecified atom stereocenters. The van der Waals surface area contributed by atoms with E-state index >= 15 is 0 Å². The molecule has 8 nitrogen and oxygen atoms in total. The molecule has 0 aliphatic carbocycles. The molecule has 5 rings (SSSR count). The van der Waals surface area contributed by atoms with Gasteiger partial charge in [0.1, 0.15) is 16.8 Å². The van der Waals surface area contributed by atoms with Crippen LogP contribution in [0.1, 0.15) is 16.8 Å². The lowest BCUT2D eigenvalue weighted by atomic mass is 10.1. The largest absolute Gasteiger partial charge is 0.490 e. The van der Waals surface area contributed by atoms with Crippen LogP contribution in [0.5, 0.6) is 0 Å². The van der Waals surface area contributed by atoms with Gasteiger partial charge in [0.05, 0.1) is 18.7 Å². The highest BCUT2D eigenvalue weighted by Gasteiger charge is 2.38. The topological polar surface area (TPSA) is 92.8 Å². The van der Waals surface area contributed by atoms with E-state index in [1.165, 1.54) is 4.88 Å². The van der Waals surface area contributed by atoms with Crippen LogP contribution in [0.25, 0.3) is 16.0 Å². The van der Waals surface area contributed by atoms with Gasteiger partial charge in [-0.15, -0.1) is 27.8 Å². The number of thiazole rings is 1. The zero-order chi connectivity index (χ0) is 23.4. The van der Waals surface area contributed by atoms with E-state index < -0.39 is 12.1 Å². The summed E-state index contributed by atoms with van der Waals surface area (Å²) in [4.78, 5) is 16.9. The fourth-order valence-corrected chi connectivity index (χ4v) is 4.64. The van der Waals surface area contributed by atoms with Crippen molar-refractivity contribution in [3.05, 3.63) is 58.1 Å². The summed E-state index contributed by atoms with van der Waals surface area (Å²) in [5, 5.41) is 21.1. The first-order chi connectivity index (χ1) is 15.8. The van der Waals surface area contributed by atoms with E-state index in [1.54, 1.807) is 22.7 Å². The number of carboxylic acid groups (broad SMARTS) is 1. The summed E-state index contributed by atoms with van der Waals surface area (Å²) >= 11 is 3.42. The molecule has 0 saturated carbocycles. The molecule has 33 heavy (non-hydrogen) atoms. The summed E-state index contributed by atoms with van der Waals surface area (Å²) in [7, 11) is 0. The zero-order valence-electron chi connectivity index (χ0n) is 17.0. The third-order valence-electron chi connectivity index (χ3n) is 4.79. The molecule has 1 fully saturated rings. The number of carboxylic acids is 1. The Balaban J connectivity index is 0.000000325. The Hall–Kier alpha value is -2.87. The van der Waals surface area contributed by atoms with Crippen LogP contribution in [-0.2, 0) is 16.1 Å². The van der Waals surface area contributed by atoms with Gasteiger partial charge < -0.3 is 9.84 Å². The maximum absolute atomic E-state index is 10.6. The highest BCUT2D eigenvalue weighted by molar-refractivity contribution is 7.13. The maximum Gasteiger partial charge on any atom is 0.490 e. The number of pyridine rings is 1. The lowest BCUT2D eigenvalue weighted by Gasteiger charge is -2.31. The van der Waals surface area contributed by atoms with Crippen molar-refractivity contribution in [1.29, 1.82) is 0 Å². The molecule has 4 aromatic rings. The molecule has 13 heteroatoms. The number of nitrogens with zero attached hydrogens (tertiary/aromatic N) is 5. The first kappa shape index (κ1) is 23.3. The number of halogens is 3. The van der Waals surface area contributed by atoms with Gasteiger partial charge in [0.2, 0.25) is 0 Å². The average Bonchev–Trinajstić information content (AvgIpc) is 3.55. The van der Waals surface area contributed by atoms with Gasteiger partial charge in [-0.1, -0.05) is 11.3 Å². The molecule has 1 atom stereocenters. The minimum atomic E-state index is -5.08. The Morgan fingerprint density at radius 2 is 2.06 bits per heavy atom. The van der Waals surface area contributed by atoms with Gasteiger partial charge in [0, 0.05) is 41.3 Å². The van der Waals surface area contributed by atoms with E-state index in [-0.39, 0.29) is 6.10 Å². The second kappa shape index (κ2) is 9.95. The second-order valence-corrected chi connectivity index (χ2v) is 8.95. The first-order valence-electron chi connectivity index (χ1n) is 9.72. The molecule has 5 heterocycles. The highest BCUT2D eigenvalue weighted by atomic mass is 32.1. The Kier molecular flexibility index (Phi) is 7.02. The first-order valence-corrected chi connectivity index (χ1v) is 11.5. The monoisotopic (exact) mass is 497 g/mol. The Morgan fingerprint density at radius 1 is 1.24 bits per heavy atom. The maximum atomic E-state index is 10.6. The minimum absolute atomic E-state index is 0.0613. The summed E-state index contributed by atoms with van der Waals surface area (Å²) < 4.78 is 39.6. The number of alkyl halides is 3. The second-order valence-electron chi connectivity index (χ2n) is 7.02. The van der Waals surface area contributed by atoms with Crippen molar-refractivity contribution in [2.75, 3.05) is 19.7 Å². The highest BCUT2D eigenvalue weighted by Crippen LogP contribution is 2.29. The Bertz CT molecular complexity index is 1200. The van der Waals surface area contributed by atoms with Crippen molar-refractivity contribution < 1.29 is 27.8 Å². The van der Waals surface area contributed by atoms with Crippen molar-refractivity contribution in [3.63, 3.8) is 0 Å². The van der Waals surface area contributed by atoms with Crippen molar-refractivity contribution in [2.45, 2.75) is 18.8 Å². The van der Waals surface area contributed by atoms with E-state index in [4.69, 9.17) is 14.6 Å². The number of fused-ring (bicyclic) bond motifs is 1. The molecular formula is C20H18F3N5O3S2. The number of hydrogen-bond acceptors (Lipinski definition) is 8. The van der Waals surface area contributed by atoms with Gasteiger partial charge in [-0.25, -0.2) is 14.3 Å². The van der Waals surface area contributed by atoms with Gasteiger partial charge in [0.25, 0.3) is 0 Å². The summed E-state index contributed by atoms with van der Waals surface area (Å²) in [5.74, 6) is -2.76. The van der Waals surface area contributed by atoms with Crippen LogP contribution < -0.4 is 0 Å². The summed E-state index contributed by atoms with van der Waals surface area (Å²) in [6.07, 6.45) is -1.25. The Labute approximate surface area is 193 Å². The van der Waals surface area contributed by atoms with Crippen LogP contribution in [0.3, 0.4) is 0 Å². The van der Waals surface area contributed by atoms with Crippen LogP contribution in [-0.4, -0.2) is 61.7 Å². The lowest BCUT2D eigenvalue weighted by Crippen LogP contribution is -2.38. The van der Waals surface area contributed by atoms with Crippen LogP contribution >= 0.6 is 22.7 Å². The van der Waals surface area contributed by atoms with E-state index in [1.807, 2.05) is 22.3 Å². The smallest absolute Gasteiger partial charge is 0.475 e. The molecule has 0 bridgehead atoms. The molecular weight excluding hydrogens is 479 g/mol. The number of carbonyl (C=O) groups is 1. The molecule has 1 saturated heterocycles. The predicted octanol–water partition coefficient (Wildman–Crippen LogP) is 4.12. The SMILES string of the molecule is O=C(O)C(F)(F)F.c1csc(-c2ccc3c(C4CN(Cc5nccs5)CCO4)nnn3c2)c1. The number of aliphatic carboxylic acids is 1. The Morgan fingerprint density at radius 3 is 2.73 bits per heavy atom. The quantitative estimate of drug-likeness (QED) is 0.453. The molecule has 1 aliphatic heterocycles. The minimum Gasteiger partial charge on any atom is -0.475 e. The van der Waals surface area contributed by atoms with Crippen LogP contribution in [0.4, 0.5) is 13.2 Å². The number of ether oxygens (including phenoxy) is 1. The van der Waals surface area contributed by atoms with Gasteiger partial charge in [0.15, 0.2) is 0 Å². The van der Waals surface area contributed by atoms with Crippen molar-refractivity contribution in [3.8, 4) is 10.4 Å². The summed E-state index contributed by atoms with van der Waals surface area (Å²) in [5.41, 5.74) is 3.07. The standard InChI is InChI=1S/C18H17N5OS2.C2HF3O2/c1-2-16(25-8-1)13-3-4-14-18(20-21-23(14)10-13)15-11-22(6-7-24-15)12-17-19-5-9-26-17;3-2(4,5)1(6)7/h1-5,8-10,15H,6-7,11-12H2;(H,6,7). The molecule has 174 valence electrons. The molecule has 1 aliphatic rings. The lowest BCUT2D eigenvalue weighted by molar-refractivity contribution is -0.192. The molecule has 1 N–H and O–H groups in total. The van der Waals surface area contributed by atoms with E-state index in [2.05, 4.69) is 49.8 Å². The number of thiophene rings is 1. The van der Waals surface area contributed by atoms with Crippen molar-refractivity contribution >= 4 is 34.2 Å². The van der Waals surface area contributed by atoms with E-state index in [0.717, 1.165) is 41.4 Å². The molecule has 0 radical (unpaired) electrons. The zero-order valence-corrected chi connectivity index (χ0v) is 18.6. The molecule has 0 spiro atoms. The van der Waals surface area contributed by atoms with E-state index in [9.17, 15) is 13.2 Å². The number of rotatable bonds is 4. The number of hydrogen-bond donors (Lipinski definition) is 1. The van der Waals surface area contributed by atoms with Crippen molar-refractivity contribution in [1.82, 2.24) is 24.7 Å². The third-order valence-corrected chi connectivity index (χ3v) is 6.47. The van der Waals surface area contributed by atoms with Gasteiger partial charge in [-0.2, -0.15) is 13.2 Å². The van der Waals surface area contributed by atoms with E-state index in [0.29, 0.717) is 6.61 Å². The molecule has 0 aromatic carbocycles. The predicted molar refractivity (Wildman–Crippen MR) is 116 cm³/mol. The number of aromatic nitrogens is 4. The number of morpholine rings is 1. The van der Waals surface area contributed by atoms with Crippen LogP contribution in [0, 0.1) is 0 Å². The fraction of sp³-hybridized carbons (Fsp3) is 0.300. The van der Waals surface area contributed by atoms with Crippen LogP contribution in [0.15, 0.2) is 47.4 Å². The summed E-state index contributed by atoms with van der Waals surface area (Å²) in [6, 6.07) is 8.39. The normalized spacial score (nSPS) is 17.0. The third kappa shape index (κ3) is 5.74. The fourth-order valence-electron chi connectivity index (χ4n) is 3.27. The summed E-state index contributed by atoms with van der Waals surface area (Å²) in [6.45, 7) is 3.28. The van der Waals surface area contributed by atoms with Gasteiger partial charge >= 0.3 is 12.1 Å². The van der Waals surface area contributed by atoms with Crippen molar-refractivity contribution in [2.24, 2.45) is 0 Å². The van der Waals surface area contributed by atoms with Gasteiger partial charge in [-0.3, -0.25) is 4.90 Å². The van der Waals surface area contributed by atoms with Gasteiger partial charge in [-0.05, 0) is 23.6 Å². The van der Waals surface area contributed by atoms with Crippen LogP contribution in [0.2, 0.25) is 0 Å².